The molecule has 4 rings (SSSR count). The molecule has 2 aromatic rings. The molecular weight excluding hydrogens is 278 g/mol. The van der Waals surface area contributed by atoms with Crippen molar-refractivity contribution in [3.63, 3.8) is 0 Å². The van der Waals surface area contributed by atoms with Gasteiger partial charge in [-0.05, 0) is 24.1 Å². The molecule has 1 atom stereocenters. The zero-order valence-corrected chi connectivity index (χ0v) is 12.3. The van der Waals surface area contributed by atoms with Crippen molar-refractivity contribution in [2.24, 2.45) is 0 Å². The third kappa shape index (κ3) is 2.20. The maximum atomic E-state index is 12.9. The average molecular weight is 297 g/mol. The fourth-order valence-electron chi connectivity index (χ4n) is 3.34. The van der Waals surface area contributed by atoms with E-state index in [2.05, 4.69) is 15.5 Å². The number of aromatic nitrogens is 2. The van der Waals surface area contributed by atoms with Gasteiger partial charge in [0.15, 0.2) is 0 Å². The summed E-state index contributed by atoms with van der Waals surface area (Å²) in [5.74, 6) is 0.390. The SMILES string of the molecule is O=C(N1CCC(c2cn[nH]c2)C1)N1CCNc2ccccc21. The van der Waals surface area contributed by atoms with Crippen LogP contribution in [-0.4, -0.2) is 47.3 Å². The summed E-state index contributed by atoms with van der Waals surface area (Å²) in [6, 6.07) is 8.10. The Morgan fingerprint density at radius 1 is 1.27 bits per heavy atom. The minimum Gasteiger partial charge on any atom is -0.382 e. The van der Waals surface area contributed by atoms with Crippen molar-refractivity contribution in [3.8, 4) is 0 Å². The summed E-state index contributed by atoms with van der Waals surface area (Å²) in [6.45, 7) is 3.08. The van der Waals surface area contributed by atoms with E-state index in [1.807, 2.05) is 46.5 Å². The number of likely N-dealkylation sites (tertiary alicyclic amines) is 1. The molecule has 0 aliphatic carbocycles. The Morgan fingerprint density at radius 3 is 3.05 bits per heavy atom. The molecule has 1 fully saturated rings. The second kappa shape index (κ2) is 5.36. The zero-order chi connectivity index (χ0) is 14.9. The fourth-order valence-corrected chi connectivity index (χ4v) is 3.34. The van der Waals surface area contributed by atoms with Gasteiger partial charge in [0.1, 0.15) is 0 Å². The lowest BCUT2D eigenvalue weighted by Gasteiger charge is -2.33. The number of aromatic amines is 1. The van der Waals surface area contributed by atoms with Crippen LogP contribution in [-0.2, 0) is 0 Å². The van der Waals surface area contributed by atoms with Crippen LogP contribution in [0.3, 0.4) is 0 Å². The predicted octanol–water partition coefficient (Wildman–Crippen LogP) is 2.25. The average Bonchev–Trinajstić information content (AvgIpc) is 3.24. The molecule has 0 spiro atoms. The van der Waals surface area contributed by atoms with Gasteiger partial charge in [-0.3, -0.25) is 10.00 Å². The summed E-state index contributed by atoms with van der Waals surface area (Å²) in [5, 5.41) is 10.2. The number of hydrogen-bond donors (Lipinski definition) is 2. The quantitative estimate of drug-likeness (QED) is 0.848. The number of rotatable bonds is 1. The molecule has 22 heavy (non-hydrogen) atoms. The Balaban J connectivity index is 1.51. The summed E-state index contributed by atoms with van der Waals surface area (Å²) in [4.78, 5) is 16.7. The lowest BCUT2D eigenvalue weighted by molar-refractivity contribution is 0.215. The lowest BCUT2D eigenvalue weighted by atomic mass is 10.0. The van der Waals surface area contributed by atoms with E-state index in [1.54, 1.807) is 0 Å². The molecule has 1 unspecified atom stereocenters. The molecular formula is C16H19N5O. The first-order valence-electron chi connectivity index (χ1n) is 7.71. The molecule has 6 heteroatoms. The van der Waals surface area contributed by atoms with E-state index in [-0.39, 0.29) is 6.03 Å². The van der Waals surface area contributed by atoms with Crippen molar-refractivity contribution >= 4 is 17.4 Å². The van der Waals surface area contributed by atoms with Gasteiger partial charge < -0.3 is 10.2 Å². The van der Waals surface area contributed by atoms with Crippen molar-refractivity contribution < 1.29 is 4.79 Å². The summed E-state index contributed by atoms with van der Waals surface area (Å²) >= 11 is 0. The summed E-state index contributed by atoms with van der Waals surface area (Å²) in [6.07, 6.45) is 4.79. The molecule has 2 aliphatic rings. The van der Waals surface area contributed by atoms with Gasteiger partial charge in [0.25, 0.3) is 0 Å². The van der Waals surface area contributed by atoms with Crippen LogP contribution >= 0.6 is 0 Å². The minimum atomic E-state index is 0.111. The van der Waals surface area contributed by atoms with Gasteiger partial charge >= 0.3 is 6.03 Å². The van der Waals surface area contributed by atoms with E-state index < -0.39 is 0 Å². The molecule has 1 aromatic carbocycles. The van der Waals surface area contributed by atoms with Crippen LogP contribution in [0.25, 0.3) is 0 Å². The van der Waals surface area contributed by atoms with Crippen LogP contribution < -0.4 is 10.2 Å². The fraction of sp³-hybridized carbons (Fsp3) is 0.375. The van der Waals surface area contributed by atoms with Crippen LogP contribution in [0.5, 0.6) is 0 Å². The molecule has 0 bridgehead atoms. The number of anilines is 2. The van der Waals surface area contributed by atoms with E-state index in [0.29, 0.717) is 12.5 Å². The Hall–Kier alpha value is -2.50. The molecule has 2 N–H and O–H groups in total. The third-order valence-corrected chi connectivity index (χ3v) is 4.53. The van der Waals surface area contributed by atoms with Crippen LogP contribution in [0.4, 0.5) is 16.2 Å². The van der Waals surface area contributed by atoms with E-state index in [0.717, 1.165) is 37.4 Å². The standard InChI is InChI=1S/C16H19N5O/c22-16(20-7-5-12(11-20)13-9-18-19-10-13)21-8-6-17-14-3-1-2-4-15(14)21/h1-4,9-10,12,17H,5-8,11H2,(H,18,19). The monoisotopic (exact) mass is 297 g/mol. The van der Waals surface area contributed by atoms with E-state index in [9.17, 15) is 4.79 Å². The van der Waals surface area contributed by atoms with Crippen LogP contribution in [0.2, 0.25) is 0 Å². The van der Waals surface area contributed by atoms with Gasteiger partial charge in [-0.15, -0.1) is 0 Å². The number of carbonyl (C=O) groups excluding carboxylic acids is 1. The Morgan fingerprint density at radius 2 is 2.18 bits per heavy atom. The highest BCUT2D eigenvalue weighted by Crippen LogP contribution is 2.32. The van der Waals surface area contributed by atoms with Gasteiger partial charge in [-0.1, -0.05) is 12.1 Å². The molecule has 0 saturated carbocycles. The maximum absolute atomic E-state index is 12.9. The molecule has 114 valence electrons. The first kappa shape index (κ1) is 13.2. The van der Waals surface area contributed by atoms with Gasteiger partial charge in [0.2, 0.25) is 0 Å². The number of nitrogens with zero attached hydrogens (tertiary/aromatic N) is 3. The minimum absolute atomic E-state index is 0.111. The highest BCUT2D eigenvalue weighted by molar-refractivity contribution is 5.96. The smallest absolute Gasteiger partial charge is 0.324 e. The topological polar surface area (TPSA) is 64.3 Å². The van der Waals surface area contributed by atoms with Crippen molar-refractivity contribution in [2.75, 3.05) is 36.4 Å². The van der Waals surface area contributed by atoms with E-state index in [1.165, 1.54) is 5.56 Å². The number of fused-ring (bicyclic) bond motifs is 1. The third-order valence-electron chi connectivity index (χ3n) is 4.53. The molecule has 1 aromatic heterocycles. The highest BCUT2D eigenvalue weighted by atomic mass is 16.2. The first-order valence-corrected chi connectivity index (χ1v) is 7.71. The van der Waals surface area contributed by atoms with Gasteiger partial charge in [0.05, 0.1) is 17.6 Å². The Labute approximate surface area is 129 Å². The van der Waals surface area contributed by atoms with Crippen LogP contribution in [0.1, 0.15) is 17.9 Å². The molecule has 3 heterocycles. The summed E-state index contributed by atoms with van der Waals surface area (Å²) in [5.41, 5.74) is 3.20. The van der Waals surface area contributed by atoms with Crippen molar-refractivity contribution in [2.45, 2.75) is 12.3 Å². The number of benzene rings is 1. The van der Waals surface area contributed by atoms with E-state index >= 15 is 0 Å². The second-order valence-electron chi connectivity index (χ2n) is 5.84. The summed E-state index contributed by atoms with van der Waals surface area (Å²) < 4.78 is 0. The van der Waals surface area contributed by atoms with Gasteiger partial charge in [-0.2, -0.15) is 5.10 Å². The Kier molecular flexibility index (Phi) is 3.21. The zero-order valence-electron chi connectivity index (χ0n) is 12.3. The lowest BCUT2D eigenvalue weighted by Crippen LogP contribution is -2.46. The highest BCUT2D eigenvalue weighted by Gasteiger charge is 2.32. The largest absolute Gasteiger partial charge is 0.382 e. The van der Waals surface area contributed by atoms with Crippen molar-refractivity contribution in [1.29, 1.82) is 0 Å². The Bertz CT molecular complexity index is 669. The van der Waals surface area contributed by atoms with E-state index in [4.69, 9.17) is 0 Å². The second-order valence-corrected chi connectivity index (χ2v) is 5.84. The molecule has 1 saturated heterocycles. The maximum Gasteiger partial charge on any atom is 0.324 e. The first-order chi connectivity index (χ1) is 10.8. The van der Waals surface area contributed by atoms with Crippen LogP contribution in [0, 0.1) is 0 Å². The normalized spacial score (nSPS) is 20.6. The van der Waals surface area contributed by atoms with Crippen LogP contribution in [0.15, 0.2) is 36.7 Å². The molecule has 6 nitrogen and oxygen atoms in total. The number of amides is 2. The number of carbonyl (C=O) groups is 1. The van der Waals surface area contributed by atoms with Crippen molar-refractivity contribution in [1.82, 2.24) is 15.1 Å². The predicted molar refractivity (Wildman–Crippen MR) is 85.2 cm³/mol. The van der Waals surface area contributed by atoms with Crippen molar-refractivity contribution in [3.05, 3.63) is 42.2 Å². The molecule has 2 amide bonds. The number of para-hydroxylation sites is 2. The number of nitrogens with one attached hydrogen (secondary N) is 2. The van der Waals surface area contributed by atoms with Gasteiger partial charge in [0, 0.05) is 38.3 Å². The van der Waals surface area contributed by atoms with Gasteiger partial charge in [-0.25, -0.2) is 4.79 Å². The number of hydrogen-bond acceptors (Lipinski definition) is 3. The molecule has 2 aliphatic heterocycles. The molecule has 0 radical (unpaired) electrons. The number of H-pyrrole nitrogens is 1. The number of urea groups is 1. The summed E-state index contributed by atoms with van der Waals surface area (Å²) in [7, 11) is 0.